The van der Waals surface area contributed by atoms with Gasteiger partial charge in [-0.1, -0.05) is 39.7 Å². The summed E-state index contributed by atoms with van der Waals surface area (Å²) in [5.41, 5.74) is 1.26. The molecule has 0 fully saturated rings. The molecule has 0 aliphatic heterocycles. The molecular weight excluding hydrogens is 275 g/mol. The molecule has 0 heterocycles. The number of benzene rings is 1. The lowest BCUT2D eigenvalue weighted by atomic mass is 10.1. The van der Waals surface area contributed by atoms with Crippen molar-refractivity contribution in [1.29, 1.82) is 0 Å². The van der Waals surface area contributed by atoms with Gasteiger partial charge in [0.1, 0.15) is 0 Å². The van der Waals surface area contributed by atoms with Gasteiger partial charge < -0.3 is 4.74 Å². The Kier molecular flexibility index (Phi) is 6.30. The molecule has 0 aliphatic carbocycles. The van der Waals surface area contributed by atoms with E-state index in [1.807, 2.05) is 25.1 Å². The maximum Gasteiger partial charge on any atom is 0.0476 e. The molecule has 0 radical (unpaired) electrons. The Labute approximate surface area is 105 Å². The fraction of sp³-hybridized carbons (Fsp3) is 0.500. The number of ether oxygens (including phenoxy) is 1. The monoisotopic (exact) mass is 290 g/mol. The first kappa shape index (κ1) is 13.0. The van der Waals surface area contributed by atoms with Crippen molar-refractivity contribution in [3.63, 3.8) is 0 Å². The zero-order valence-corrected chi connectivity index (χ0v) is 11.2. The van der Waals surface area contributed by atoms with Crippen LogP contribution >= 0.6 is 27.5 Å². The molecule has 1 aromatic rings. The molecule has 84 valence electrons. The summed E-state index contributed by atoms with van der Waals surface area (Å²) in [6, 6.07) is 7.99. The van der Waals surface area contributed by atoms with E-state index in [9.17, 15) is 0 Å². The second-order valence-electron chi connectivity index (χ2n) is 3.42. The normalized spacial score (nSPS) is 12.7. The predicted octanol–water partition coefficient (Wildman–Crippen LogP) is 4.07. The molecular formula is C12H16BrClO. The maximum atomic E-state index is 5.92. The number of hydrogen-bond donors (Lipinski definition) is 0. The van der Waals surface area contributed by atoms with Crippen LogP contribution in [0.4, 0.5) is 0 Å². The van der Waals surface area contributed by atoms with Crippen LogP contribution in [0.15, 0.2) is 24.3 Å². The number of hydrogen-bond acceptors (Lipinski definition) is 1. The summed E-state index contributed by atoms with van der Waals surface area (Å²) in [6.45, 7) is 3.62. The van der Waals surface area contributed by atoms with Crippen molar-refractivity contribution in [2.24, 2.45) is 0 Å². The van der Waals surface area contributed by atoms with Gasteiger partial charge in [0, 0.05) is 23.1 Å². The molecule has 3 heteroatoms. The van der Waals surface area contributed by atoms with E-state index in [4.69, 9.17) is 16.3 Å². The summed E-state index contributed by atoms with van der Waals surface area (Å²) < 4.78 is 5.31. The summed E-state index contributed by atoms with van der Waals surface area (Å²) in [5, 5.41) is 0.803. The van der Waals surface area contributed by atoms with Crippen molar-refractivity contribution in [1.82, 2.24) is 0 Å². The van der Waals surface area contributed by atoms with Crippen molar-refractivity contribution >= 4 is 27.5 Å². The van der Waals surface area contributed by atoms with Gasteiger partial charge in [-0.15, -0.1) is 0 Å². The van der Waals surface area contributed by atoms with Crippen LogP contribution in [-0.2, 0) is 11.2 Å². The van der Waals surface area contributed by atoms with Gasteiger partial charge in [0.15, 0.2) is 0 Å². The summed E-state index contributed by atoms with van der Waals surface area (Å²) in [6.07, 6.45) is 2.02. The summed E-state index contributed by atoms with van der Waals surface area (Å²) >= 11 is 9.56. The summed E-state index contributed by atoms with van der Waals surface area (Å²) in [4.78, 5) is 0.461. The molecule has 1 atom stereocenters. The molecule has 0 spiro atoms. The molecule has 1 rings (SSSR count). The fourth-order valence-corrected chi connectivity index (χ4v) is 2.15. The Balaban J connectivity index is 2.34. The fourth-order valence-electron chi connectivity index (χ4n) is 1.38. The van der Waals surface area contributed by atoms with Crippen LogP contribution in [0.2, 0.25) is 5.02 Å². The quantitative estimate of drug-likeness (QED) is 0.567. The molecule has 1 aromatic carbocycles. The zero-order chi connectivity index (χ0) is 11.1. The second-order valence-corrected chi connectivity index (χ2v) is 5.15. The van der Waals surface area contributed by atoms with Crippen molar-refractivity contribution in [3.8, 4) is 0 Å². The summed E-state index contributed by atoms with van der Waals surface area (Å²) in [7, 11) is 0. The van der Waals surface area contributed by atoms with Crippen LogP contribution in [0.25, 0.3) is 0 Å². The molecule has 0 aliphatic rings. The topological polar surface area (TPSA) is 9.23 Å². The minimum Gasteiger partial charge on any atom is -0.382 e. The minimum absolute atomic E-state index is 0.461. The zero-order valence-electron chi connectivity index (χ0n) is 8.88. The Morgan fingerprint density at radius 2 is 2.27 bits per heavy atom. The van der Waals surface area contributed by atoms with Gasteiger partial charge in [-0.25, -0.2) is 0 Å². The van der Waals surface area contributed by atoms with Gasteiger partial charge in [0.25, 0.3) is 0 Å². The van der Waals surface area contributed by atoms with Gasteiger partial charge >= 0.3 is 0 Å². The Morgan fingerprint density at radius 3 is 2.93 bits per heavy atom. The van der Waals surface area contributed by atoms with Crippen LogP contribution in [0.5, 0.6) is 0 Å². The van der Waals surface area contributed by atoms with Gasteiger partial charge in [-0.05, 0) is 37.5 Å². The first-order valence-electron chi connectivity index (χ1n) is 5.18. The number of rotatable bonds is 6. The largest absolute Gasteiger partial charge is 0.382 e. The molecule has 1 nitrogen and oxygen atoms in total. The SMILES string of the molecule is CCOCCC(Br)Cc1cccc(Cl)c1. The molecule has 0 bridgehead atoms. The first-order valence-corrected chi connectivity index (χ1v) is 6.48. The standard InChI is InChI=1S/C12H16BrClO/c1-2-15-7-6-11(13)8-10-4-3-5-12(14)9-10/h3-5,9,11H,2,6-8H2,1H3. The Morgan fingerprint density at radius 1 is 1.47 bits per heavy atom. The molecule has 0 saturated carbocycles. The smallest absolute Gasteiger partial charge is 0.0476 e. The van der Waals surface area contributed by atoms with E-state index in [2.05, 4.69) is 22.0 Å². The van der Waals surface area contributed by atoms with Crippen LogP contribution in [0, 0.1) is 0 Å². The van der Waals surface area contributed by atoms with Crippen molar-refractivity contribution in [3.05, 3.63) is 34.9 Å². The molecule has 0 amide bonds. The van der Waals surface area contributed by atoms with Crippen LogP contribution < -0.4 is 0 Å². The Hall–Kier alpha value is -0.0500. The highest BCUT2D eigenvalue weighted by Crippen LogP contribution is 2.17. The number of halogens is 2. The molecule has 0 N–H and O–H groups in total. The first-order chi connectivity index (χ1) is 7.22. The number of alkyl halides is 1. The van der Waals surface area contributed by atoms with Gasteiger partial charge in [-0.3, -0.25) is 0 Å². The average molecular weight is 292 g/mol. The second kappa shape index (κ2) is 7.26. The van der Waals surface area contributed by atoms with Gasteiger partial charge in [0.2, 0.25) is 0 Å². The molecule has 0 aromatic heterocycles. The van der Waals surface area contributed by atoms with Crippen molar-refractivity contribution in [2.75, 3.05) is 13.2 Å². The lowest BCUT2D eigenvalue weighted by Gasteiger charge is -2.09. The highest BCUT2D eigenvalue weighted by Gasteiger charge is 2.05. The molecule has 0 saturated heterocycles. The van der Waals surface area contributed by atoms with Crippen LogP contribution in [0.3, 0.4) is 0 Å². The van der Waals surface area contributed by atoms with Gasteiger partial charge in [0.05, 0.1) is 0 Å². The highest BCUT2D eigenvalue weighted by atomic mass is 79.9. The van der Waals surface area contributed by atoms with Crippen molar-refractivity contribution < 1.29 is 4.74 Å². The van der Waals surface area contributed by atoms with Crippen LogP contribution in [0.1, 0.15) is 18.9 Å². The van der Waals surface area contributed by atoms with E-state index >= 15 is 0 Å². The van der Waals surface area contributed by atoms with E-state index in [1.165, 1.54) is 5.56 Å². The van der Waals surface area contributed by atoms with Crippen LogP contribution in [-0.4, -0.2) is 18.0 Å². The third-order valence-corrected chi connectivity index (χ3v) is 3.14. The minimum atomic E-state index is 0.461. The lowest BCUT2D eigenvalue weighted by molar-refractivity contribution is 0.145. The lowest BCUT2D eigenvalue weighted by Crippen LogP contribution is -2.07. The maximum absolute atomic E-state index is 5.92. The average Bonchev–Trinajstić information content (AvgIpc) is 2.18. The molecule has 15 heavy (non-hydrogen) atoms. The van der Waals surface area contributed by atoms with E-state index in [0.717, 1.165) is 31.1 Å². The van der Waals surface area contributed by atoms with E-state index < -0.39 is 0 Å². The van der Waals surface area contributed by atoms with E-state index in [1.54, 1.807) is 0 Å². The Bertz CT molecular complexity index is 291. The van der Waals surface area contributed by atoms with E-state index in [-0.39, 0.29) is 0 Å². The van der Waals surface area contributed by atoms with Gasteiger partial charge in [-0.2, -0.15) is 0 Å². The van der Waals surface area contributed by atoms with E-state index in [0.29, 0.717) is 4.83 Å². The summed E-state index contributed by atoms with van der Waals surface area (Å²) in [5.74, 6) is 0. The predicted molar refractivity (Wildman–Crippen MR) is 69.0 cm³/mol. The third-order valence-electron chi connectivity index (χ3n) is 2.13. The van der Waals surface area contributed by atoms with Crippen molar-refractivity contribution in [2.45, 2.75) is 24.6 Å². The highest BCUT2D eigenvalue weighted by molar-refractivity contribution is 9.09. The third kappa shape index (κ3) is 5.55. The molecule has 1 unspecified atom stereocenters.